The number of amides is 2. The molecule has 2 N–H and O–H groups in total. The lowest BCUT2D eigenvalue weighted by Gasteiger charge is -2.34. The highest BCUT2D eigenvalue weighted by Crippen LogP contribution is 2.20. The molecule has 2 amide bonds. The molecule has 8 heteroatoms. The number of rotatable bonds is 4. The van der Waals surface area contributed by atoms with Crippen LogP contribution in [0.2, 0.25) is 0 Å². The average Bonchev–Trinajstić information content (AvgIpc) is 2.64. The van der Waals surface area contributed by atoms with Crippen molar-refractivity contribution in [3.05, 3.63) is 12.0 Å². The lowest BCUT2D eigenvalue weighted by Crippen LogP contribution is -2.49. The zero-order chi connectivity index (χ0) is 17.6. The molecule has 1 aliphatic carbocycles. The van der Waals surface area contributed by atoms with E-state index >= 15 is 0 Å². The van der Waals surface area contributed by atoms with Gasteiger partial charge in [0.25, 0.3) is 5.88 Å². The SMILES string of the molecule is COc1nc(NC2CCN(C(=O)NC3CCCCC3)CC2)ncc1F. The number of urea groups is 1. The number of carbonyl (C=O) groups is 1. The number of ether oxygens (including phenoxy) is 1. The van der Waals surface area contributed by atoms with Crippen LogP contribution >= 0.6 is 0 Å². The van der Waals surface area contributed by atoms with E-state index in [1.54, 1.807) is 0 Å². The first-order valence-corrected chi connectivity index (χ1v) is 9.04. The van der Waals surface area contributed by atoms with Gasteiger partial charge >= 0.3 is 6.03 Å². The molecule has 0 spiro atoms. The van der Waals surface area contributed by atoms with Gasteiger partial charge in [0.05, 0.1) is 13.3 Å². The summed E-state index contributed by atoms with van der Waals surface area (Å²) < 4.78 is 18.2. The van der Waals surface area contributed by atoms with Gasteiger partial charge in [0.2, 0.25) is 11.8 Å². The number of likely N-dealkylation sites (tertiary alicyclic amines) is 1. The van der Waals surface area contributed by atoms with Gasteiger partial charge in [0, 0.05) is 25.2 Å². The minimum absolute atomic E-state index is 0.0463. The van der Waals surface area contributed by atoms with Crippen molar-refractivity contribution < 1.29 is 13.9 Å². The van der Waals surface area contributed by atoms with Crippen LogP contribution in [0.3, 0.4) is 0 Å². The number of hydrogen-bond acceptors (Lipinski definition) is 5. The predicted molar refractivity (Wildman–Crippen MR) is 92.2 cm³/mol. The van der Waals surface area contributed by atoms with Crippen LogP contribution in [0.4, 0.5) is 15.1 Å². The van der Waals surface area contributed by atoms with Crippen molar-refractivity contribution in [1.82, 2.24) is 20.2 Å². The third kappa shape index (κ3) is 4.70. The topological polar surface area (TPSA) is 79.4 Å². The van der Waals surface area contributed by atoms with Gasteiger partial charge in [-0.15, -0.1) is 0 Å². The number of carbonyl (C=O) groups excluding carboxylic acids is 1. The summed E-state index contributed by atoms with van der Waals surface area (Å²) in [5, 5.41) is 6.35. The second kappa shape index (κ2) is 8.31. The van der Waals surface area contributed by atoms with Crippen LogP contribution < -0.4 is 15.4 Å². The molecule has 1 saturated carbocycles. The number of nitrogens with zero attached hydrogens (tertiary/aromatic N) is 3. The van der Waals surface area contributed by atoms with E-state index in [1.807, 2.05) is 4.90 Å². The molecule has 2 fully saturated rings. The van der Waals surface area contributed by atoms with Gasteiger partial charge in [0.1, 0.15) is 0 Å². The maximum Gasteiger partial charge on any atom is 0.317 e. The fraction of sp³-hybridized carbons (Fsp3) is 0.706. The molecule has 0 aromatic carbocycles. The van der Waals surface area contributed by atoms with Crippen molar-refractivity contribution in [2.75, 3.05) is 25.5 Å². The third-order valence-electron chi connectivity index (χ3n) is 4.95. The second-order valence-electron chi connectivity index (χ2n) is 6.74. The van der Waals surface area contributed by atoms with E-state index in [4.69, 9.17) is 4.74 Å². The molecule has 1 saturated heterocycles. The van der Waals surface area contributed by atoms with Crippen LogP contribution in [0, 0.1) is 5.82 Å². The number of aromatic nitrogens is 2. The van der Waals surface area contributed by atoms with Gasteiger partial charge < -0.3 is 20.3 Å². The molecule has 0 atom stereocenters. The van der Waals surface area contributed by atoms with Gasteiger partial charge in [-0.3, -0.25) is 0 Å². The van der Waals surface area contributed by atoms with E-state index in [0.717, 1.165) is 31.9 Å². The Hall–Kier alpha value is -2.12. The number of methoxy groups -OCH3 is 1. The van der Waals surface area contributed by atoms with Crippen molar-refractivity contribution in [1.29, 1.82) is 0 Å². The molecule has 1 aliphatic heterocycles. The highest BCUT2D eigenvalue weighted by Gasteiger charge is 2.25. The Bertz CT molecular complexity index is 586. The average molecular weight is 351 g/mol. The second-order valence-corrected chi connectivity index (χ2v) is 6.74. The Morgan fingerprint density at radius 1 is 1.20 bits per heavy atom. The monoisotopic (exact) mass is 351 g/mol. The largest absolute Gasteiger partial charge is 0.479 e. The molecule has 0 unspecified atom stereocenters. The molecule has 2 heterocycles. The number of piperidine rings is 1. The molecule has 0 bridgehead atoms. The van der Waals surface area contributed by atoms with E-state index in [2.05, 4.69) is 20.6 Å². The van der Waals surface area contributed by atoms with Gasteiger partial charge in [0.15, 0.2) is 0 Å². The summed E-state index contributed by atoms with van der Waals surface area (Å²) >= 11 is 0. The lowest BCUT2D eigenvalue weighted by atomic mass is 9.95. The van der Waals surface area contributed by atoms with Crippen LogP contribution in [0.1, 0.15) is 44.9 Å². The molecule has 7 nitrogen and oxygen atoms in total. The number of hydrogen-bond donors (Lipinski definition) is 2. The molecule has 2 aliphatic rings. The Kier molecular flexibility index (Phi) is 5.88. The van der Waals surface area contributed by atoms with E-state index in [9.17, 15) is 9.18 Å². The molecule has 0 radical (unpaired) electrons. The third-order valence-corrected chi connectivity index (χ3v) is 4.95. The van der Waals surface area contributed by atoms with E-state index in [-0.39, 0.29) is 18.0 Å². The smallest absolute Gasteiger partial charge is 0.317 e. The highest BCUT2D eigenvalue weighted by atomic mass is 19.1. The van der Waals surface area contributed by atoms with Gasteiger partial charge in [-0.2, -0.15) is 9.37 Å². The minimum Gasteiger partial charge on any atom is -0.479 e. The van der Waals surface area contributed by atoms with Crippen LogP contribution in [0.5, 0.6) is 5.88 Å². The fourth-order valence-corrected chi connectivity index (χ4v) is 3.49. The normalized spacial score (nSPS) is 19.5. The summed E-state index contributed by atoms with van der Waals surface area (Å²) in [7, 11) is 1.37. The number of anilines is 1. The van der Waals surface area contributed by atoms with Gasteiger partial charge in [-0.25, -0.2) is 9.78 Å². The maximum atomic E-state index is 13.4. The van der Waals surface area contributed by atoms with Crippen LogP contribution in [0.15, 0.2) is 6.20 Å². The molecule has 138 valence electrons. The first kappa shape index (κ1) is 17.7. The minimum atomic E-state index is -0.581. The molecule has 1 aromatic heterocycles. The first-order chi connectivity index (χ1) is 12.2. The Balaban J connectivity index is 1.46. The quantitative estimate of drug-likeness (QED) is 0.871. The standard InChI is InChI=1S/C17H26FN5O2/c1-25-15-14(18)11-19-16(22-15)20-13-7-9-23(10-8-13)17(24)21-12-5-3-2-4-6-12/h11-13H,2-10H2,1H3,(H,21,24)(H,19,20,22). The summed E-state index contributed by atoms with van der Waals surface area (Å²) in [4.78, 5) is 22.2. The predicted octanol–water partition coefficient (Wildman–Crippen LogP) is 2.54. The Morgan fingerprint density at radius 2 is 1.92 bits per heavy atom. The van der Waals surface area contributed by atoms with Crippen molar-refractivity contribution >= 4 is 12.0 Å². The highest BCUT2D eigenvalue weighted by molar-refractivity contribution is 5.74. The Morgan fingerprint density at radius 3 is 2.60 bits per heavy atom. The van der Waals surface area contributed by atoms with E-state index < -0.39 is 5.82 Å². The summed E-state index contributed by atoms with van der Waals surface area (Å²) in [5.41, 5.74) is 0. The Labute approximate surface area is 147 Å². The summed E-state index contributed by atoms with van der Waals surface area (Å²) in [6.07, 6.45) is 8.58. The van der Waals surface area contributed by atoms with Crippen LogP contribution in [0.25, 0.3) is 0 Å². The van der Waals surface area contributed by atoms with Crippen molar-refractivity contribution in [3.63, 3.8) is 0 Å². The van der Waals surface area contributed by atoms with Gasteiger partial charge in [-0.05, 0) is 25.7 Å². The number of nitrogens with one attached hydrogen (secondary N) is 2. The molecular weight excluding hydrogens is 325 g/mol. The summed E-state index contributed by atoms with van der Waals surface area (Å²) in [6.45, 7) is 1.38. The maximum absolute atomic E-state index is 13.4. The van der Waals surface area contributed by atoms with Crippen molar-refractivity contribution in [2.45, 2.75) is 57.0 Å². The van der Waals surface area contributed by atoms with Crippen LogP contribution in [-0.4, -0.2) is 53.2 Å². The molecule has 3 rings (SSSR count). The zero-order valence-corrected chi connectivity index (χ0v) is 14.6. The van der Waals surface area contributed by atoms with Crippen LogP contribution in [-0.2, 0) is 0 Å². The summed E-state index contributed by atoms with van der Waals surface area (Å²) in [5.74, 6) is -0.299. The first-order valence-electron chi connectivity index (χ1n) is 9.04. The molecule has 25 heavy (non-hydrogen) atoms. The lowest BCUT2D eigenvalue weighted by molar-refractivity contribution is 0.176. The fourth-order valence-electron chi connectivity index (χ4n) is 3.49. The van der Waals surface area contributed by atoms with Gasteiger partial charge in [-0.1, -0.05) is 19.3 Å². The zero-order valence-electron chi connectivity index (χ0n) is 14.6. The van der Waals surface area contributed by atoms with E-state index in [1.165, 1.54) is 26.4 Å². The van der Waals surface area contributed by atoms with E-state index in [0.29, 0.717) is 25.1 Å². The van der Waals surface area contributed by atoms with Crippen molar-refractivity contribution in [2.24, 2.45) is 0 Å². The summed E-state index contributed by atoms with van der Waals surface area (Å²) in [6, 6.07) is 0.538. The van der Waals surface area contributed by atoms with Crippen molar-refractivity contribution in [3.8, 4) is 5.88 Å². The molecular formula is C17H26FN5O2. The number of halogens is 1. The molecule has 1 aromatic rings.